The summed E-state index contributed by atoms with van der Waals surface area (Å²) in [7, 11) is 3.57. The molecule has 0 spiro atoms. The molecule has 0 aromatic heterocycles. The van der Waals surface area contributed by atoms with Crippen LogP contribution in [0.3, 0.4) is 0 Å². The third kappa shape index (κ3) is 8.02. The SMILES string of the molecule is CNC(C)Cc1ccc(OCC(O)COCCOC)cc1. The molecule has 5 heteroatoms. The van der Waals surface area contributed by atoms with Crippen LogP contribution in [0, 0.1) is 0 Å². The standard InChI is InChI=1S/C16H27NO4/c1-13(17-2)10-14-4-6-16(7-5-14)21-12-15(18)11-20-9-8-19-3/h4-7,13,15,17-18H,8-12H2,1-3H3. The molecule has 0 aliphatic heterocycles. The quantitative estimate of drug-likeness (QED) is 0.602. The molecule has 1 rings (SSSR count). The minimum atomic E-state index is -0.633. The molecular weight excluding hydrogens is 270 g/mol. The summed E-state index contributed by atoms with van der Waals surface area (Å²) in [5.74, 6) is 0.756. The van der Waals surface area contributed by atoms with Gasteiger partial charge in [0.15, 0.2) is 0 Å². The van der Waals surface area contributed by atoms with Crippen molar-refractivity contribution in [1.82, 2.24) is 5.32 Å². The lowest BCUT2D eigenvalue weighted by Gasteiger charge is -2.14. The first-order valence-electron chi connectivity index (χ1n) is 7.29. The number of benzene rings is 1. The Bertz CT molecular complexity index is 369. The van der Waals surface area contributed by atoms with Gasteiger partial charge < -0.3 is 24.6 Å². The zero-order chi connectivity index (χ0) is 15.5. The summed E-state index contributed by atoms with van der Waals surface area (Å²) in [6.45, 7) is 3.62. The number of hydrogen-bond acceptors (Lipinski definition) is 5. The van der Waals surface area contributed by atoms with E-state index in [1.54, 1.807) is 7.11 Å². The predicted octanol–water partition coefficient (Wildman–Crippen LogP) is 1.24. The lowest BCUT2D eigenvalue weighted by Crippen LogP contribution is -2.24. The number of hydrogen-bond donors (Lipinski definition) is 2. The number of aliphatic hydroxyl groups excluding tert-OH is 1. The monoisotopic (exact) mass is 297 g/mol. The fraction of sp³-hybridized carbons (Fsp3) is 0.625. The zero-order valence-corrected chi connectivity index (χ0v) is 13.2. The van der Waals surface area contributed by atoms with E-state index >= 15 is 0 Å². The van der Waals surface area contributed by atoms with E-state index in [1.165, 1.54) is 5.56 Å². The summed E-state index contributed by atoms with van der Waals surface area (Å²) >= 11 is 0. The van der Waals surface area contributed by atoms with E-state index in [0.717, 1.165) is 12.2 Å². The minimum Gasteiger partial charge on any atom is -0.491 e. The van der Waals surface area contributed by atoms with E-state index in [9.17, 15) is 5.11 Å². The molecule has 1 aromatic carbocycles. The first-order chi connectivity index (χ1) is 10.2. The maximum absolute atomic E-state index is 9.72. The van der Waals surface area contributed by atoms with Gasteiger partial charge in [-0.3, -0.25) is 0 Å². The molecule has 1 aromatic rings. The Morgan fingerprint density at radius 3 is 2.48 bits per heavy atom. The summed E-state index contributed by atoms with van der Waals surface area (Å²) in [6.07, 6.45) is 0.345. The molecule has 0 aliphatic rings. The van der Waals surface area contributed by atoms with Gasteiger partial charge in [-0.1, -0.05) is 12.1 Å². The van der Waals surface area contributed by atoms with Crippen LogP contribution in [0.4, 0.5) is 0 Å². The highest BCUT2D eigenvalue weighted by Crippen LogP contribution is 2.13. The average molecular weight is 297 g/mol. The lowest BCUT2D eigenvalue weighted by molar-refractivity contribution is -0.00419. The van der Waals surface area contributed by atoms with Crippen LogP contribution in [-0.2, 0) is 15.9 Å². The maximum Gasteiger partial charge on any atom is 0.119 e. The van der Waals surface area contributed by atoms with Crippen molar-refractivity contribution >= 4 is 0 Å². The van der Waals surface area contributed by atoms with Crippen LogP contribution in [-0.4, -0.2) is 57.8 Å². The van der Waals surface area contributed by atoms with Crippen molar-refractivity contribution in [3.8, 4) is 5.75 Å². The third-order valence-electron chi connectivity index (χ3n) is 3.14. The zero-order valence-electron chi connectivity index (χ0n) is 13.2. The number of methoxy groups -OCH3 is 1. The second-order valence-corrected chi connectivity index (χ2v) is 5.07. The van der Waals surface area contributed by atoms with E-state index in [4.69, 9.17) is 14.2 Å². The Hall–Kier alpha value is -1.14. The molecule has 120 valence electrons. The highest BCUT2D eigenvalue weighted by atomic mass is 16.5. The van der Waals surface area contributed by atoms with Gasteiger partial charge in [-0.15, -0.1) is 0 Å². The fourth-order valence-corrected chi connectivity index (χ4v) is 1.78. The Kier molecular flexibility index (Phi) is 9.01. The van der Waals surface area contributed by atoms with Crippen molar-refractivity contribution in [3.63, 3.8) is 0 Å². The average Bonchev–Trinajstić information content (AvgIpc) is 2.50. The molecule has 0 fully saturated rings. The molecule has 0 radical (unpaired) electrons. The summed E-state index contributed by atoms with van der Waals surface area (Å²) in [5.41, 5.74) is 1.26. The second-order valence-electron chi connectivity index (χ2n) is 5.07. The highest BCUT2D eigenvalue weighted by molar-refractivity contribution is 5.27. The highest BCUT2D eigenvalue weighted by Gasteiger charge is 2.06. The molecule has 0 amide bonds. The van der Waals surface area contributed by atoms with Crippen molar-refractivity contribution in [2.75, 3.05) is 40.6 Å². The summed E-state index contributed by atoms with van der Waals surface area (Å²) in [6, 6.07) is 8.39. The van der Waals surface area contributed by atoms with E-state index in [-0.39, 0.29) is 13.2 Å². The predicted molar refractivity (Wildman–Crippen MR) is 82.9 cm³/mol. The van der Waals surface area contributed by atoms with Gasteiger partial charge in [0.1, 0.15) is 18.5 Å². The summed E-state index contributed by atoms with van der Waals surface area (Å²) in [5, 5.41) is 12.9. The van der Waals surface area contributed by atoms with Crippen molar-refractivity contribution in [2.24, 2.45) is 0 Å². The van der Waals surface area contributed by atoms with Crippen LogP contribution >= 0.6 is 0 Å². The number of ether oxygens (including phenoxy) is 3. The van der Waals surface area contributed by atoms with Gasteiger partial charge in [0.05, 0.1) is 19.8 Å². The Labute approximate surface area is 127 Å². The molecule has 21 heavy (non-hydrogen) atoms. The van der Waals surface area contributed by atoms with E-state index in [0.29, 0.717) is 19.3 Å². The largest absolute Gasteiger partial charge is 0.491 e. The van der Waals surface area contributed by atoms with Crippen LogP contribution in [0.1, 0.15) is 12.5 Å². The Balaban J connectivity index is 2.25. The van der Waals surface area contributed by atoms with Gasteiger partial charge in [-0.2, -0.15) is 0 Å². The second kappa shape index (κ2) is 10.6. The van der Waals surface area contributed by atoms with E-state index in [1.807, 2.05) is 31.3 Å². The Morgan fingerprint density at radius 2 is 1.86 bits per heavy atom. The van der Waals surface area contributed by atoms with Crippen LogP contribution < -0.4 is 10.1 Å². The number of rotatable bonds is 11. The molecule has 2 unspecified atom stereocenters. The van der Waals surface area contributed by atoms with Crippen LogP contribution in [0.25, 0.3) is 0 Å². The van der Waals surface area contributed by atoms with E-state index < -0.39 is 6.10 Å². The van der Waals surface area contributed by atoms with E-state index in [2.05, 4.69) is 12.2 Å². The van der Waals surface area contributed by atoms with Gasteiger partial charge in [-0.05, 0) is 38.1 Å². The van der Waals surface area contributed by atoms with Crippen LogP contribution in [0.2, 0.25) is 0 Å². The van der Waals surface area contributed by atoms with Crippen LogP contribution in [0.5, 0.6) is 5.75 Å². The molecule has 0 heterocycles. The summed E-state index contributed by atoms with van der Waals surface area (Å²) in [4.78, 5) is 0. The fourth-order valence-electron chi connectivity index (χ4n) is 1.78. The molecular formula is C16H27NO4. The van der Waals surface area contributed by atoms with Crippen molar-refractivity contribution in [2.45, 2.75) is 25.5 Å². The molecule has 0 bridgehead atoms. The van der Waals surface area contributed by atoms with Crippen LogP contribution in [0.15, 0.2) is 24.3 Å². The van der Waals surface area contributed by atoms with Gasteiger partial charge >= 0.3 is 0 Å². The summed E-state index contributed by atoms with van der Waals surface area (Å²) < 4.78 is 15.6. The lowest BCUT2D eigenvalue weighted by atomic mass is 10.1. The number of aliphatic hydroxyl groups is 1. The molecule has 0 aliphatic carbocycles. The van der Waals surface area contributed by atoms with Gasteiger partial charge in [0.2, 0.25) is 0 Å². The van der Waals surface area contributed by atoms with Gasteiger partial charge in [-0.25, -0.2) is 0 Å². The third-order valence-corrected chi connectivity index (χ3v) is 3.14. The van der Waals surface area contributed by atoms with Gasteiger partial charge in [0, 0.05) is 13.2 Å². The van der Waals surface area contributed by atoms with Crippen molar-refractivity contribution in [3.05, 3.63) is 29.8 Å². The topological polar surface area (TPSA) is 60.0 Å². The Morgan fingerprint density at radius 1 is 1.14 bits per heavy atom. The first kappa shape index (κ1) is 17.9. The van der Waals surface area contributed by atoms with Crippen molar-refractivity contribution in [1.29, 1.82) is 0 Å². The normalized spacial score (nSPS) is 13.9. The molecule has 2 atom stereocenters. The number of likely N-dealkylation sites (N-methyl/N-ethyl adjacent to an activating group) is 1. The van der Waals surface area contributed by atoms with Gasteiger partial charge in [0.25, 0.3) is 0 Å². The molecule has 0 saturated carbocycles. The molecule has 0 saturated heterocycles. The molecule has 2 N–H and O–H groups in total. The maximum atomic E-state index is 9.72. The van der Waals surface area contributed by atoms with Crippen molar-refractivity contribution < 1.29 is 19.3 Å². The molecule has 5 nitrogen and oxygen atoms in total. The number of nitrogens with one attached hydrogen (secondary N) is 1. The minimum absolute atomic E-state index is 0.221. The first-order valence-corrected chi connectivity index (χ1v) is 7.29. The smallest absolute Gasteiger partial charge is 0.119 e.